The van der Waals surface area contributed by atoms with Crippen molar-refractivity contribution in [3.63, 3.8) is 0 Å². The molecule has 0 aliphatic rings. The minimum Gasteiger partial charge on any atom is -0.478 e. The fourth-order valence-corrected chi connectivity index (χ4v) is 2.12. The van der Waals surface area contributed by atoms with Gasteiger partial charge in [-0.05, 0) is 55.3 Å². The summed E-state index contributed by atoms with van der Waals surface area (Å²) < 4.78 is 5.67. The van der Waals surface area contributed by atoms with Gasteiger partial charge in [0.05, 0.1) is 5.56 Å². The fourth-order valence-electron chi connectivity index (χ4n) is 2.12. The van der Waals surface area contributed by atoms with E-state index < -0.39 is 5.97 Å². The highest BCUT2D eigenvalue weighted by atomic mass is 16.4. The van der Waals surface area contributed by atoms with Gasteiger partial charge in [-0.2, -0.15) is 0 Å². The van der Waals surface area contributed by atoms with E-state index >= 15 is 0 Å². The van der Waals surface area contributed by atoms with E-state index in [4.69, 9.17) is 9.52 Å². The molecule has 1 N–H and O–H groups in total. The van der Waals surface area contributed by atoms with Crippen LogP contribution in [0.25, 0.3) is 22.9 Å². The summed E-state index contributed by atoms with van der Waals surface area (Å²) in [6.07, 6.45) is 0. The van der Waals surface area contributed by atoms with E-state index in [1.165, 1.54) is 17.7 Å². The van der Waals surface area contributed by atoms with Gasteiger partial charge in [-0.25, -0.2) is 4.79 Å². The van der Waals surface area contributed by atoms with Crippen LogP contribution >= 0.6 is 0 Å². The molecule has 0 saturated carbocycles. The molecule has 3 aromatic rings. The van der Waals surface area contributed by atoms with Crippen LogP contribution in [0.4, 0.5) is 0 Å². The number of rotatable bonds is 3. The molecule has 0 aliphatic heterocycles. The second kappa shape index (κ2) is 7.55. The molecule has 0 atom stereocenters. The van der Waals surface area contributed by atoms with E-state index in [9.17, 15) is 4.79 Å². The summed E-state index contributed by atoms with van der Waals surface area (Å²) in [7, 11) is 0. The highest BCUT2D eigenvalue weighted by Gasteiger charge is 2.12. The van der Waals surface area contributed by atoms with Crippen LogP contribution in [0.2, 0.25) is 0 Å². The highest BCUT2D eigenvalue weighted by Crippen LogP contribution is 2.25. The Kier molecular flexibility index (Phi) is 5.47. The van der Waals surface area contributed by atoms with Crippen molar-refractivity contribution in [2.24, 2.45) is 0 Å². The average Bonchev–Trinajstić information content (AvgIpc) is 3.09. The number of aromatic nitrogens is 2. The summed E-state index contributed by atoms with van der Waals surface area (Å²) in [5.41, 5.74) is 3.95. The summed E-state index contributed by atoms with van der Waals surface area (Å²) in [6.45, 7) is 8.06. The zero-order valence-corrected chi connectivity index (χ0v) is 14.2. The Labute approximate surface area is 141 Å². The van der Waals surface area contributed by atoms with Crippen LogP contribution in [0.15, 0.2) is 46.9 Å². The molecule has 0 fully saturated rings. The van der Waals surface area contributed by atoms with E-state index in [2.05, 4.69) is 10.2 Å². The summed E-state index contributed by atoms with van der Waals surface area (Å²) in [5, 5.41) is 17.1. The Bertz CT molecular complexity index is 853. The van der Waals surface area contributed by atoms with E-state index in [0.717, 1.165) is 11.1 Å². The van der Waals surface area contributed by atoms with Crippen LogP contribution < -0.4 is 0 Å². The average molecular weight is 324 g/mol. The number of carboxylic acids is 1. The first kappa shape index (κ1) is 17.4. The molecular formula is C19H20N2O3. The van der Waals surface area contributed by atoms with Gasteiger partial charge in [0.2, 0.25) is 11.8 Å². The maximum Gasteiger partial charge on any atom is 0.335 e. The predicted octanol–water partition coefficient (Wildman–Crippen LogP) is 4.74. The van der Waals surface area contributed by atoms with E-state index in [1.54, 1.807) is 12.1 Å². The van der Waals surface area contributed by atoms with Crippen molar-refractivity contribution in [2.45, 2.75) is 27.7 Å². The number of carbonyl (C=O) groups is 1. The summed E-state index contributed by atoms with van der Waals surface area (Å²) in [5.74, 6) is -0.272. The minimum atomic E-state index is -0.990. The van der Waals surface area contributed by atoms with Gasteiger partial charge in [0, 0.05) is 11.1 Å². The van der Waals surface area contributed by atoms with Gasteiger partial charge in [0.1, 0.15) is 0 Å². The molecule has 0 saturated heterocycles. The first-order valence-electron chi connectivity index (χ1n) is 7.79. The molecule has 0 amide bonds. The molecule has 1 aromatic heterocycles. The quantitative estimate of drug-likeness (QED) is 0.752. The van der Waals surface area contributed by atoms with Crippen LogP contribution in [0.1, 0.15) is 35.3 Å². The number of carboxylic acid groups (broad SMARTS) is 1. The number of aromatic carboxylic acids is 1. The van der Waals surface area contributed by atoms with Crippen molar-refractivity contribution in [1.82, 2.24) is 10.2 Å². The molecule has 124 valence electrons. The van der Waals surface area contributed by atoms with Crippen molar-refractivity contribution in [1.29, 1.82) is 0 Å². The van der Waals surface area contributed by atoms with Gasteiger partial charge in [-0.15, -0.1) is 10.2 Å². The first-order valence-corrected chi connectivity index (χ1v) is 7.79. The van der Waals surface area contributed by atoms with Crippen molar-refractivity contribution in [2.75, 3.05) is 0 Å². The second-order valence-electron chi connectivity index (χ2n) is 5.10. The Morgan fingerprint density at radius 3 is 2.12 bits per heavy atom. The molecule has 0 bridgehead atoms. The monoisotopic (exact) mass is 324 g/mol. The predicted molar refractivity (Wildman–Crippen MR) is 93.0 cm³/mol. The van der Waals surface area contributed by atoms with Crippen LogP contribution in [-0.2, 0) is 0 Å². The van der Waals surface area contributed by atoms with Gasteiger partial charge in [0.15, 0.2) is 0 Å². The first-order chi connectivity index (χ1) is 11.5. The lowest BCUT2D eigenvalue weighted by molar-refractivity contribution is 0.0697. The number of hydrogen-bond donors (Lipinski definition) is 1. The summed E-state index contributed by atoms with van der Waals surface area (Å²) in [6, 6.07) is 12.3. The van der Waals surface area contributed by atoms with Crippen LogP contribution in [0.3, 0.4) is 0 Å². The number of nitrogens with zero attached hydrogens (tertiary/aromatic N) is 2. The molecule has 0 spiro atoms. The smallest absolute Gasteiger partial charge is 0.335 e. The molecule has 1 heterocycles. The number of hydrogen-bond acceptors (Lipinski definition) is 4. The molecule has 0 aliphatic carbocycles. The largest absolute Gasteiger partial charge is 0.478 e. The number of benzene rings is 2. The minimum absolute atomic E-state index is 0.184. The van der Waals surface area contributed by atoms with Crippen molar-refractivity contribution in [3.05, 3.63) is 59.2 Å². The van der Waals surface area contributed by atoms with Crippen molar-refractivity contribution >= 4 is 5.97 Å². The van der Waals surface area contributed by atoms with E-state index in [0.29, 0.717) is 17.3 Å². The van der Waals surface area contributed by atoms with Crippen molar-refractivity contribution in [3.8, 4) is 22.9 Å². The van der Waals surface area contributed by atoms with Crippen molar-refractivity contribution < 1.29 is 14.3 Å². The summed E-state index contributed by atoms with van der Waals surface area (Å²) in [4.78, 5) is 11.0. The van der Waals surface area contributed by atoms with Gasteiger partial charge in [-0.3, -0.25) is 0 Å². The zero-order valence-electron chi connectivity index (χ0n) is 14.2. The Morgan fingerprint density at radius 2 is 1.54 bits per heavy atom. The second-order valence-corrected chi connectivity index (χ2v) is 5.10. The van der Waals surface area contributed by atoms with E-state index in [1.807, 2.05) is 45.9 Å². The lowest BCUT2D eigenvalue weighted by Gasteiger charge is -2.01. The van der Waals surface area contributed by atoms with Gasteiger partial charge < -0.3 is 9.52 Å². The Balaban J connectivity index is 0.00000100. The summed E-state index contributed by atoms with van der Waals surface area (Å²) >= 11 is 0. The van der Waals surface area contributed by atoms with Gasteiger partial charge >= 0.3 is 5.97 Å². The molecule has 24 heavy (non-hydrogen) atoms. The third kappa shape index (κ3) is 3.68. The fraction of sp³-hybridized carbons (Fsp3) is 0.211. The molecule has 0 radical (unpaired) electrons. The Hall–Kier alpha value is -2.95. The Morgan fingerprint density at radius 1 is 0.917 bits per heavy atom. The normalized spacial score (nSPS) is 10.0. The molecule has 2 aromatic carbocycles. The number of aryl methyl sites for hydroxylation is 2. The van der Waals surface area contributed by atoms with Gasteiger partial charge in [0.25, 0.3) is 0 Å². The third-order valence-corrected chi connectivity index (χ3v) is 3.54. The zero-order chi connectivity index (χ0) is 17.7. The molecule has 3 rings (SSSR count). The lowest BCUT2D eigenvalue weighted by atomic mass is 10.1. The standard InChI is InChI=1S/C17H14N2O3.C2H6/c1-10-6-7-13(8-11(10)2)16-19-18-15(22-16)12-4-3-5-14(9-12)17(20)21;1-2/h3-9H,1-2H3,(H,20,21);1-2H3. The maximum atomic E-state index is 11.0. The topological polar surface area (TPSA) is 76.2 Å². The van der Waals surface area contributed by atoms with Gasteiger partial charge in [-0.1, -0.05) is 26.0 Å². The lowest BCUT2D eigenvalue weighted by Crippen LogP contribution is -1.95. The SMILES string of the molecule is CC.Cc1ccc(-c2nnc(-c3cccc(C(=O)O)c3)o2)cc1C. The maximum absolute atomic E-state index is 11.0. The van der Waals surface area contributed by atoms with Crippen LogP contribution in [0.5, 0.6) is 0 Å². The molecule has 5 heteroatoms. The molecule has 5 nitrogen and oxygen atoms in total. The van der Waals surface area contributed by atoms with E-state index in [-0.39, 0.29) is 5.56 Å². The molecular weight excluding hydrogens is 304 g/mol. The molecule has 0 unspecified atom stereocenters. The highest BCUT2D eigenvalue weighted by molar-refractivity contribution is 5.88. The van der Waals surface area contributed by atoms with Crippen LogP contribution in [0, 0.1) is 13.8 Å². The van der Waals surface area contributed by atoms with Crippen LogP contribution in [-0.4, -0.2) is 21.3 Å². The third-order valence-electron chi connectivity index (χ3n) is 3.54.